The highest BCUT2D eigenvalue weighted by Crippen LogP contribution is 2.21. The first-order chi connectivity index (χ1) is 3.84. The Hall–Kier alpha value is -0.720. The third-order valence-corrected chi connectivity index (χ3v) is 1.55. The third-order valence-electron chi connectivity index (χ3n) is 1.55. The van der Waals surface area contributed by atoms with E-state index >= 15 is 0 Å². The van der Waals surface area contributed by atoms with Gasteiger partial charge in [0.15, 0.2) is 0 Å². The predicted molar refractivity (Wildman–Crippen MR) is 35.3 cm³/mol. The first-order valence-electron chi connectivity index (χ1n) is 2.94. The second-order valence-electron chi connectivity index (χ2n) is 2.11. The molecule has 0 radical (unpaired) electrons. The second-order valence-corrected chi connectivity index (χ2v) is 2.11. The van der Waals surface area contributed by atoms with E-state index in [1.807, 2.05) is 6.08 Å². The molecule has 0 unspecified atom stereocenters. The molecule has 0 aliphatic heterocycles. The SMILES string of the molecule is C=CC1=C(N)CCC1. The van der Waals surface area contributed by atoms with Gasteiger partial charge in [-0.05, 0) is 24.8 Å². The van der Waals surface area contributed by atoms with Gasteiger partial charge in [-0.3, -0.25) is 0 Å². The van der Waals surface area contributed by atoms with Crippen LogP contribution in [-0.2, 0) is 0 Å². The largest absolute Gasteiger partial charge is 0.402 e. The summed E-state index contributed by atoms with van der Waals surface area (Å²) in [6, 6.07) is 0. The molecule has 0 saturated heterocycles. The summed E-state index contributed by atoms with van der Waals surface area (Å²) in [5.41, 5.74) is 7.89. The van der Waals surface area contributed by atoms with Crippen LogP contribution in [0.1, 0.15) is 19.3 Å². The summed E-state index contributed by atoms with van der Waals surface area (Å²) >= 11 is 0. The van der Waals surface area contributed by atoms with Crippen LogP contribution < -0.4 is 5.73 Å². The zero-order valence-electron chi connectivity index (χ0n) is 4.98. The average Bonchev–Trinajstić information content (AvgIpc) is 2.14. The molecule has 2 N–H and O–H groups in total. The number of hydrogen-bond donors (Lipinski definition) is 1. The summed E-state index contributed by atoms with van der Waals surface area (Å²) < 4.78 is 0. The quantitative estimate of drug-likeness (QED) is 0.543. The number of rotatable bonds is 1. The number of nitrogens with two attached hydrogens (primary N) is 1. The lowest BCUT2D eigenvalue weighted by Gasteiger charge is -1.90. The minimum atomic E-state index is 1.04. The van der Waals surface area contributed by atoms with Gasteiger partial charge >= 0.3 is 0 Å². The van der Waals surface area contributed by atoms with Gasteiger partial charge in [-0.25, -0.2) is 0 Å². The normalized spacial score (nSPS) is 19.5. The average molecular weight is 109 g/mol. The van der Waals surface area contributed by atoms with Crippen molar-refractivity contribution in [3.05, 3.63) is 23.9 Å². The molecule has 0 bridgehead atoms. The Kier molecular flexibility index (Phi) is 1.38. The molecule has 0 saturated carbocycles. The topological polar surface area (TPSA) is 26.0 Å². The van der Waals surface area contributed by atoms with E-state index in [2.05, 4.69) is 6.58 Å². The summed E-state index contributed by atoms with van der Waals surface area (Å²) in [5, 5.41) is 0. The zero-order valence-corrected chi connectivity index (χ0v) is 4.98. The van der Waals surface area contributed by atoms with Gasteiger partial charge in [0.25, 0.3) is 0 Å². The van der Waals surface area contributed by atoms with Crippen LogP contribution >= 0.6 is 0 Å². The van der Waals surface area contributed by atoms with Crippen molar-refractivity contribution in [2.45, 2.75) is 19.3 Å². The molecule has 0 amide bonds. The molecule has 0 aromatic heterocycles. The van der Waals surface area contributed by atoms with Crippen molar-refractivity contribution in [2.75, 3.05) is 0 Å². The van der Waals surface area contributed by atoms with Gasteiger partial charge in [-0.15, -0.1) is 0 Å². The van der Waals surface area contributed by atoms with E-state index < -0.39 is 0 Å². The van der Waals surface area contributed by atoms with Crippen molar-refractivity contribution in [1.29, 1.82) is 0 Å². The molecule has 0 spiro atoms. The van der Waals surface area contributed by atoms with Crippen LogP contribution in [0.15, 0.2) is 23.9 Å². The Morgan fingerprint density at radius 2 is 2.25 bits per heavy atom. The van der Waals surface area contributed by atoms with Gasteiger partial charge in [-0.2, -0.15) is 0 Å². The van der Waals surface area contributed by atoms with E-state index in [4.69, 9.17) is 5.73 Å². The van der Waals surface area contributed by atoms with Crippen LogP contribution in [0.25, 0.3) is 0 Å². The lowest BCUT2D eigenvalue weighted by Crippen LogP contribution is -1.93. The molecule has 8 heavy (non-hydrogen) atoms. The van der Waals surface area contributed by atoms with Crippen LogP contribution in [0, 0.1) is 0 Å². The highest BCUT2D eigenvalue weighted by molar-refractivity contribution is 5.25. The van der Waals surface area contributed by atoms with Gasteiger partial charge in [-0.1, -0.05) is 12.7 Å². The maximum absolute atomic E-state index is 5.60. The third kappa shape index (κ3) is 0.760. The Bertz CT molecular complexity index is 133. The maximum atomic E-state index is 5.60. The maximum Gasteiger partial charge on any atom is 0.0113 e. The van der Waals surface area contributed by atoms with Crippen LogP contribution in [0.4, 0.5) is 0 Å². The van der Waals surface area contributed by atoms with Crippen LogP contribution in [-0.4, -0.2) is 0 Å². The van der Waals surface area contributed by atoms with Crippen LogP contribution in [0.5, 0.6) is 0 Å². The molecule has 0 aromatic carbocycles. The van der Waals surface area contributed by atoms with Gasteiger partial charge in [0, 0.05) is 5.70 Å². The molecule has 1 aliphatic carbocycles. The van der Waals surface area contributed by atoms with Gasteiger partial charge in [0.2, 0.25) is 0 Å². The van der Waals surface area contributed by atoms with E-state index in [1.54, 1.807) is 0 Å². The zero-order chi connectivity index (χ0) is 5.98. The van der Waals surface area contributed by atoms with Crippen molar-refractivity contribution >= 4 is 0 Å². The monoisotopic (exact) mass is 109 g/mol. The molecule has 1 heteroatoms. The standard InChI is InChI=1S/C7H11N/c1-2-6-4-3-5-7(6)8/h2H,1,3-5,8H2. The summed E-state index contributed by atoms with van der Waals surface area (Å²) in [4.78, 5) is 0. The predicted octanol–water partition coefficient (Wildman–Crippen LogP) is 1.57. The fraction of sp³-hybridized carbons (Fsp3) is 0.429. The highest BCUT2D eigenvalue weighted by atomic mass is 14.6. The first-order valence-corrected chi connectivity index (χ1v) is 2.94. The second kappa shape index (κ2) is 2.03. The van der Waals surface area contributed by atoms with E-state index in [9.17, 15) is 0 Å². The Labute approximate surface area is 49.9 Å². The minimum Gasteiger partial charge on any atom is -0.402 e. The molecule has 0 aromatic rings. The Morgan fingerprint density at radius 1 is 1.50 bits per heavy atom. The fourth-order valence-electron chi connectivity index (χ4n) is 1.02. The van der Waals surface area contributed by atoms with E-state index in [1.165, 1.54) is 12.0 Å². The Balaban J connectivity index is 2.72. The summed E-state index contributed by atoms with van der Waals surface area (Å²) in [7, 11) is 0. The summed E-state index contributed by atoms with van der Waals surface area (Å²) in [6.07, 6.45) is 5.28. The van der Waals surface area contributed by atoms with Crippen LogP contribution in [0.2, 0.25) is 0 Å². The smallest absolute Gasteiger partial charge is 0.0113 e. The number of hydrogen-bond acceptors (Lipinski definition) is 1. The molecular formula is C7H11N. The van der Waals surface area contributed by atoms with E-state index in [0.29, 0.717) is 0 Å². The summed E-state index contributed by atoms with van der Waals surface area (Å²) in [5.74, 6) is 0. The fourth-order valence-corrected chi connectivity index (χ4v) is 1.02. The first kappa shape index (κ1) is 5.42. The lowest BCUT2D eigenvalue weighted by atomic mass is 10.2. The summed E-state index contributed by atoms with van der Waals surface area (Å²) in [6.45, 7) is 3.66. The van der Waals surface area contributed by atoms with Gasteiger partial charge in [0.1, 0.15) is 0 Å². The van der Waals surface area contributed by atoms with Gasteiger partial charge in [0.05, 0.1) is 0 Å². The molecule has 0 fully saturated rings. The molecule has 1 rings (SSSR count). The molecule has 0 heterocycles. The number of allylic oxidation sites excluding steroid dienone is 3. The minimum absolute atomic E-state index is 1.04. The molecule has 0 atom stereocenters. The van der Waals surface area contributed by atoms with Gasteiger partial charge < -0.3 is 5.73 Å². The van der Waals surface area contributed by atoms with Crippen molar-refractivity contribution in [2.24, 2.45) is 5.73 Å². The van der Waals surface area contributed by atoms with Crippen molar-refractivity contribution in [1.82, 2.24) is 0 Å². The molecule has 44 valence electrons. The van der Waals surface area contributed by atoms with Crippen molar-refractivity contribution < 1.29 is 0 Å². The Morgan fingerprint density at radius 3 is 2.50 bits per heavy atom. The van der Waals surface area contributed by atoms with E-state index in [-0.39, 0.29) is 0 Å². The van der Waals surface area contributed by atoms with E-state index in [0.717, 1.165) is 18.5 Å². The molecular weight excluding hydrogens is 98.1 g/mol. The molecule has 1 aliphatic rings. The molecule has 1 nitrogen and oxygen atoms in total. The van der Waals surface area contributed by atoms with Crippen molar-refractivity contribution in [3.63, 3.8) is 0 Å². The van der Waals surface area contributed by atoms with Crippen LogP contribution in [0.3, 0.4) is 0 Å². The van der Waals surface area contributed by atoms with Crippen molar-refractivity contribution in [3.8, 4) is 0 Å². The lowest BCUT2D eigenvalue weighted by molar-refractivity contribution is 0.894. The highest BCUT2D eigenvalue weighted by Gasteiger charge is 2.06.